The minimum atomic E-state index is 0.0782. The van der Waals surface area contributed by atoms with E-state index in [-0.39, 0.29) is 5.41 Å². The number of aliphatic hydroxyl groups is 1. The molecule has 1 atom stereocenters. The summed E-state index contributed by atoms with van der Waals surface area (Å²) in [4.78, 5) is 0. The van der Waals surface area contributed by atoms with Crippen LogP contribution in [0.4, 0.5) is 0 Å². The van der Waals surface area contributed by atoms with Gasteiger partial charge in [-0.3, -0.25) is 0 Å². The Balaban J connectivity index is 2.40. The summed E-state index contributed by atoms with van der Waals surface area (Å²) in [5.74, 6) is 0.535. The topological polar surface area (TPSA) is 20.2 Å². The fourth-order valence-corrected chi connectivity index (χ4v) is 1.89. The Morgan fingerprint density at radius 3 is 2.31 bits per heavy atom. The van der Waals surface area contributed by atoms with E-state index in [2.05, 4.69) is 51.1 Å². The maximum atomic E-state index is 9.45. The van der Waals surface area contributed by atoms with Gasteiger partial charge >= 0.3 is 0 Å². The lowest BCUT2D eigenvalue weighted by molar-refractivity contribution is 0.0834. The molecule has 16 heavy (non-hydrogen) atoms. The molecule has 0 aliphatic carbocycles. The summed E-state index contributed by atoms with van der Waals surface area (Å²) in [6.45, 7) is 6.86. The Hall–Kier alpha value is -0.820. The first-order valence-electron chi connectivity index (χ1n) is 6.23. The van der Waals surface area contributed by atoms with Crippen LogP contribution in [0, 0.1) is 11.3 Å². The highest BCUT2D eigenvalue weighted by Gasteiger charge is 2.26. The zero-order valence-corrected chi connectivity index (χ0v) is 10.7. The Bertz CT molecular complexity index is 292. The van der Waals surface area contributed by atoms with Gasteiger partial charge in [-0.05, 0) is 36.2 Å². The molecule has 1 N–H and O–H groups in total. The number of hydrogen-bond acceptors (Lipinski definition) is 1. The SMILES string of the molecule is CC(C)C(C)(CO)CCCc1ccccc1. The summed E-state index contributed by atoms with van der Waals surface area (Å²) < 4.78 is 0. The molecule has 0 fully saturated rings. The van der Waals surface area contributed by atoms with Gasteiger partial charge in [-0.15, -0.1) is 0 Å². The molecule has 0 spiro atoms. The van der Waals surface area contributed by atoms with Gasteiger partial charge in [-0.2, -0.15) is 0 Å². The van der Waals surface area contributed by atoms with Crippen LogP contribution < -0.4 is 0 Å². The van der Waals surface area contributed by atoms with Crippen molar-refractivity contribution in [1.82, 2.24) is 0 Å². The molecule has 1 unspecified atom stereocenters. The molecule has 1 aromatic rings. The highest BCUT2D eigenvalue weighted by atomic mass is 16.3. The standard InChI is InChI=1S/C15H24O/c1-13(2)15(3,12-16)11-7-10-14-8-5-4-6-9-14/h4-6,8-9,13,16H,7,10-12H2,1-3H3. The number of benzene rings is 1. The molecular weight excluding hydrogens is 196 g/mol. The molecular formula is C15H24O. The van der Waals surface area contributed by atoms with Crippen molar-refractivity contribution in [2.75, 3.05) is 6.61 Å². The molecule has 0 aromatic heterocycles. The summed E-state index contributed by atoms with van der Waals surface area (Å²) in [5, 5.41) is 9.45. The van der Waals surface area contributed by atoms with Crippen molar-refractivity contribution >= 4 is 0 Å². The van der Waals surface area contributed by atoms with E-state index in [0.717, 1.165) is 19.3 Å². The Kier molecular flexibility index (Phi) is 5.01. The lowest BCUT2D eigenvalue weighted by Gasteiger charge is -2.31. The monoisotopic (exact) mass is 220 g/mol. The van der Waals surface area contributed by atoms with Crippen LogP contribution >= 0.6 is 0 Å². The van der Waals surface area contributed by atoms with Crippen LogP contribution in [-0.4, -0.2) is 11.7 Å². The highest BCUT2D eigenvalue weighted by molar-refractivity contribution is 5.14. The van der Waals surface area contributed by atoms with Crippen LogP contribution in [0.5, 0.6) is 0 Å². The van der Waals surface area contributed by atoms with Crippen molar-refractivity contribution in [2.45, 2.75) is 40.0 Å². The number of hydrogen-bond donors (Lipinski definition) is 1. The Morgan fingerprint density at radius 1 is 1.19 bits per heavy atom. The zero-order chi connectivity index (χ0) is 12.0. The Labute approximate surface area is 99.5 Å². The van der Waals surface area contributed by atoms with Gasteiger partial charge in [0.15, 0.2) is 0 Å². The number of aliphatic hydroxyl groups excluding tert-OH is 1. The van der Waals surface area contributed by atoms with Crippen molar-refractivity contribution in [2.24, 2.45) is 11.3 Å². The number of aryl methyl sites for hydroxylation is 1. The van der Waals surface area contributed by atoms with E-state index in [9.17, 15) is 5.11 Å². The molecule has 1 heteroatoms. The fourth-order valence-electron chi connectivity index (χ4n) is 1.89. The van der Waals surface area contributed by atoms with Crippen LogP contribution in [0.15, 0.2) is 30.3 Å². The first-order valence-corrected chi connectivity index (χ1v) is 6.23. The van der Waals surface area contributed by atoms with Gasteiger partial charge in [0.05, 0.1) is 0 Å². The van der Waals surface area contributed by atoms with E-state index < -0.39 is 0 Å². The Morgan fingerprint density at radius 2 is 1.81 bits per heavy atom. The van der Waals surface area contributed by atoms with Crippen LogP contribution in [0.1, 0.15) is 39.2 Å². The van der Waals surface area contributed by atoms with Gasteiger partial charge in [0.25, 0.3) is 0 Å². The van der Waals surface area contributed by atoms with E-state index in [4.69, 9.17) is 0 Å². The van der Waals surface area contributed by atoms with Gasteiger partial charge in [0.1, 0.15) is 0 Å². The molecule has 1 nitrogen and oxygen atoms in total. The van der Waals surface area contributed by atoms with Crippen LogP contribution in [0.3, 0.4) is 0 Å². The highest BCUT2D eigenvalue weighted by Crippen LogP contribution is 2.32. The van der Waals surface area contributed by atoms with E-state index in [1.165, 1.54) is 5.56 Å². The minimum absolute atomic E-state index is 0.0782. The largest absolute Gasteiger partial charge is 0.396 e. The summed E-state index contributed by atoms with van der Waals surface area (Å²) in [7, 11) is 0. The molecule has 0 aliphatic heterocycles. The average Bonchev–Trinajstić information content (AvgIpc) is 2.30. The van der Waals surface area contributed by atoms with E-state index in [1.54, 1.807) is 0 Å². The molecule has 0 amide bonds. The second kappa shape index (κ2) is 6.05. The molecule has 1 rings (SSSR count). The van der Waals surface area contributed by atoms with Gasteiger partial charge in [0.2, 0.25) is 0 Å². The molecule has 0 saturated carbocycles. The van der Waals surface area contributed by atoms with Crippen molar-refractivity contribution in [3.8, 4) is 0 Å². The van der Waals surface area contributed by atoms with Crippen LogP contribution in [0.25, 0.3) is 0 Å². The maximum absolute atomic E-state index is 9.45. The van der Waals surface area contributed by atoms with Crippen molar-refractivity contribution in [1.29, 1.82) is 0 Å². The molecule has 0 radical (unpaired) electrons. The third-order valence-corrected chi connectivity index (χ3v) is 3.81. The summed E-state index contributed by atoms with van der Waals surface area (Å²) >= 11 is 0. The van der Waals surface area contributed by atoms with E-state index >= 15 is 0 Å². The molecule has 90 valence electrons. The first kappa shape index (κ1) is 13.2. The normalized spacial score (nSPS) is 15.1. The first-order chi connectivity index (χ1) is 7.58. The van der Waals surface area contributed by atoms with Gasteiger partial charge in [-0.1, -0.05) is 51.1 Å². The predicted molar refractivity (Wildman–Crippen MR) is 69.4 cm³/mol. The average molecular weight is 220 g/mol. The van der Waals surface area contributed by atoms with Gasteiger partial charge in [-0.25, -0.2) is 0 Å². The maximum Gasteiger partial charge on any atom is 0.0487 e. The minimum Gasteiger partial charge on any atom is -0.396 e. The van der Waals surface area contributed by atoms with Crippen molar-refractivity contribution < 1.29 is 5.11 Å². The van der Waals surface area contributed by atoms with Crippen LogP contribution in [-0.2, 0) is 6.42 Å². The lowest BCUT2D eigenvalue weighted by atomic mass is 9.76. The quantitative estimate of drug-likeness (QED) is 0.775. The molecule has 0 saturated heterocycles. The third-order valence-electron chi connectivity index (χ3n) is 3.81. The van der Waals surface area contributed by atoms with E-state index in [1.807, 2.05) is 0 Å². The molecule has 0 bridgehead atoms. The molecule has 1 aromatic carbocycles. The van der Waals surface area contributed by atoms with Gasteiger partial charge in [0, 0.05) is 6.61 Å². The predicted octanol–water partition coefficient (Wildman–Crippen LogP) is 3.66. The third kappa shape index (κ3) is 3.64. The number of rotatable bonds is 6. The van der Waals surface area contributed by atoms with Crippen molar-refractivity contribution in [3.05, 3.63) is 35.9 Å². The second-order valence-electron chi connectivity index (χ2n) is 5.31. The molecule has 0 aliphatic rings. The van der Waals surface area contributed by atoms with E-state index in [0.29, 0.717) is 12.5 Å². The summed E-state index contributed by atoms with van der Waals surface area (Å²) in [5.41, 5.74) is 1.47. The van der Waals surface area contributed by atoms with Gasteiger partial charge < -0.3 is 5.11 Å². The zero-order valence-electron chi connectivity index (χ0n) is 10.7. The summed E-state index contributed by atoms with van der Waals surface area (Å²) in [6, 6.07) is 10.6. The summed E-state index contributed by atoms with van der Waals surface area (Å²) in [6.07, 6.45) is 3.36. The van der Waals surface area contributed by atoms with Crippen LogP contribution in [0.2, 0.25) is 0 Å². The molecule has 0 heterocycles. The fraction of sp³-hybridized carbons (Fsp3) is 0.600. The lowest BCUT2D eigenvalue weighted by Crippen LogP contribution is -2.27. The smallest absolute Gasteiger partial charge is 0.0487 e. The second-order valence-corrected chi connectivity index (χ2v) is 5.31. The van der Waals surface area contributed by atoms with Crippen molar-refractivity contribution in [3.63, 3.8) is 0 Å².